The van der Waals surface area contributed by atoms with Crippen LogP contribution in [0.25, 0.3) is 0 Å². The van der Waals surface area contributed by atoms with Gasteiger partial charge in [0.1, 0.15) is 0 Å². The highest BCUT2D eigenvalue weighted by atomic mass is 16.5. The molecule has 0 atom stereocenters. The maximum Gasteiger partial charge on any atom is 0.338 e. The fraction of sp³-hybridized carbons (Fsp3) is 0.560. The third-order valence-electron chi connectivity index (χ3n) is 6.77. The third kappa shape index (κ3) is 4.58. The predicted molar refractivity (Wildman–Crippen MR) is 121 cm³/mol. The summed E-state index contributed by atoms with van der Waals surface area (Å²) in [5, 5.41) is 7.91. The second kappa shape index (κ2) is 9.45. The number of ether oxygens (including phenoxy) is 2. The van der Waals surface area contributed by atoms with E-state index in [9.17, 15) is 9.59 Å². The van der Waals surface area contributed by atoms with E-state index in [4.69, 9.17) is 14.6 Å². The van der Waals surface area contributed by atoms with Crippen LogP contribution >= 0.6 is 0 Å². The third-order valence-corrected chi connectivity index (χ3v) is 6.77. The minimum atomic E-state index is -0.291. The van der Waals surface area contributed by atoms with E-state index in [-0.39, 0.29) is 17.3 Å². The molecule has 172 valence electrons. The van der Waals surface area contributed by atoms with Gasteiger partial charge in [0, 0.05) is 32.7 Å². The number of carbonyl (C=O) groups is 2. The highest BCUT2D eigenvalue weighted by molar-refractivity contribution is 5.97. The number of hydrogen-bond donors (Lipinski definition) is 1. The van der Waals surface area contributed by atoms with E-state index in [0.717, 1.165) is 60.6 Å². The molecular formula is C25H33N3O4. The van der Waals surface area contributed by atoms with Crippen molar-refractivity contribution in [2.45, 2.75) is 59.4 Å². The van der Waals surface area contributed by atoms with Gasteiger partial charge in [-0.3, -0.25) is 9.48 Å². The SMILES string of the molecule is CCc1nn(CCCOC(=O)c2cc(C)ccc2C)c2c1C(=O)NCC1(CCOCC1)C2. The molecular weight excluding hydrogens is 406 g/mol. The lowest BCUT2D eigenvalue weighted by Crippen LogP contribution is -2.40. The van der Waals surface area contributed by atoms with Gasteiger partial charge in [0.25, 0.3) is 5.91 Å². The molecule has 7 heteroatoms. The van der Waals surface area contributed by atoms with E-state index in [1.54, 1.807) is 0 Å². The fourth-order valence-corrected chi connectivity index (χ4v) is 4.77. The molecule has 3 heterocycles. The second-order valence-corrected chi connectivity index (χ2v) is 9.12. The molecule has 1 amide bonds. The Morgan fingerprint density at radius 2 is 2.06 bits per heavy atom. The molecule has 0 bridgehead atoms. The Labute approximate surface area is 189 Å². The monoisotopic (exact) mass is 439 g/mol. The lowest BCUT2D eigenvalue weighted by atomic mass is 9.76. The first-order valence-corrected chi connectivity index (χ1v) is 11.6. The topological polar surface area (TPSA) is 82.5 Å². The van der Waals surface area contributed by atoms with Crippen molar-refractivity contribution in [1.82, 2.24) is 15.1 Å². The van der Waals surface area contributed by atoms with Gasteiger partial charge in [0.2, 0.25) is 0 Å². The quantitative estimate of drug-likeness (QED) is 0.551. The molecule has 0 aliphatic carbocycles. The van der Waals surface area contributed by atoms with Crippen molar-refractivity contribution in [3.8, 4) is 0 Å². The number of fused-ring (bicyclic) bond motifs is 1. The van der Waals surface area contributed by atoms with Crippen molar-refractivity contribution in [1.29, 1.82) is 0 Å². The summed E-state index contributed by atoms with van der Waals surface area (Å²) in [5.41, 5.74) is 5.19. The number of aryl methyl sites for hydroxylation is 4. The zero-order chi connectivity index (χ0) is 22.7. The van der Waals surface area contributed by atoms with Gasteiger partial charge in [-0.05, 0) is 56.6 Å². The molecule has 0 saturated carbocycles. The van der Waals surface area contributed by atoms with Crippen LogP contribution in [0.4, 0.5) is 0 Å². The smallest absolute Gasteiger partial charge is 0.338 e. The molecule has 1 N–H and O–H groups in total. The molecule has 1 saturated heterocycles. The van der Waals surface area contributed by atoms with Crippen LogP contribution in [0.3, 0.4) is 0 Å². The Balaban J connectivity index is 1.46. The molecule has 1 aromatic carbocycles. The summed E-state index contributed by atoms with van der Waals surface area (Å²) in [7, 11) is 0. The number of nitrogens with one attached hydrogen (secondary N) is 1. The van der Waals surface area contributed by atoms with Crippen LogP contribution in [0.2, 0.25) is 0 Å². The van der Waals surface area contributed by atoms with Crippen LogP contribution in [-0.2, 0) is 28.9 Å². The number of carbonyl (C=O) groups excluding carboxylic acids is 2. The van der Waals surface area contributed by atoms with E-state index in [0.29, 0.717) is 38.1 Å². The van der Waals surface area contributed by atoms with Gasteiger partial charge < -0.3 is 14.8 Å². The maximum absolute atomic E-state index is 12.9. The standard InChI is InChI=1S/C25H33N3O4/c1-4-20-22-21(15-25(16-26-23(22)29)8-12-31-13-9-25)28(27-20)10-5-11-32-24(30)19-14-17(2)6-7-18(19)3/h6-7,14H,4-5,8-13,15-16H2,1-3H3,(H,26,29). The molecule has 1 aromatic heterocycles. The minimum absolute atomic E-state index is 0.0205. The molecule has 2 aromatic rings. The second-order valence-electron chi connectivity index (χ2n) is 9.12. The highest BCUT2D eigenvalue weighted by Gasteiger charge is 2.39. The Hall–Kier alpha value is -2.67. The molecule has 4 rings (SSSR count). The van der Waals surface area contributed by atoms with Crippen LogP contribution in [0.1, 0.15) is 69.4 Å². The molecule has 0 radical (unpaired) electrons. The number of benzene rings is 1. The van der Waals surface area contributed by atoms with E-state index < -0.39 is 0 Å². The molecule has 1 spiro atoms. The number of aromatic nitrogens is 2. The van der Waals surface area contributed by atoms with Crippen LogP contribution < -0.4 is 5.32 Å². The number of esters is 1. The number of rotatable bonds is 6. The van der Waals surface area contributed by atoms with Crippen molar-refractivity contribution in [2.75, 3.05) is 26.4 Å². The minimum Gasteiger partial charge on any atom is -0.462 e. The van der Waals surface area contributed by atoms with Gasteiger partial charge in [-0.2, -0.15) is 5.10 Å². The summed E-state index contributed by atoms with van der Waals surface area (Å²) < 4.78 is 13.1. The first kappa shape index (κ1) is 22.5. The summed E-state index contributed by atoms with van der Waals surface area (Å²) in [6, 6.07) is 5.79. The Bertz CT molecular complexity index is 1000. The lowest BCUT2D eigenvalue weighted by Gasteiger charge is -2.36. The Morgan fingerprint density at radius 1 is 1.28 bits per heavy atom. The van der Waals surface area contributed by atoms with Gasteiger partial charge in [0.15, 0.2) is 0 Å². The summed E-state index contributed by atoms with van der Waals surface area (Å²) in [6.07, 6.45) is 4.05. The number of amides is 1. The van der Waals surface area contributed by atoms with E-state index >= 15 is 0 Å². The first-order chi connectivity index (χ1) is 15.4. The van der Waals surface area contributed by atoms with Gasteiger partial charge in [-0.25, -0.2) is 4.79 Å². The van der Waals surface area contributed by atoms with Crippen molar-refractivity contribution in [3.63, 3.8) is 0 Å². The van der Waals surface area contributed by atoms with Gasteiger partial charge in [0.05, 0.1) is 29.1 Å². The van der Waals surface area contributed by atoms with Crippen molar-refractivity contribution in [3.05, 3.63) is 51.8 Å². The Morgan fingerprint density at radius 3 is 2.81 bits per heavy atom. The fourth-order valence-electron chi connectivity index (χ4n) is 4.77. The summed E-state index contributed by atoms with van der Waals surface area (Å²) in [5.74, 6) is -0.312. The first-order valence-electron chi connectivity index (χ1n) is 11.6. The van der Waals surface area contributed by atoms with E-state index in [2.05, 4.69) is 5.32 Å². The molecule has 32 heavy (non-hydrogen) atoms. The van der Waals surface area contributed by atoms with Crippen LogP contribution in [0.15, 0.2) is 18.2 Å². The highest BCUT2D eigenvalue weighted by Crippen LogP contribution is 2.37. The maximum atomic E-state index is 12.9. The van der Waals surface area contributed by atoms with Gasteiger partial charge >= 0.3 is 5.97 Å². The summed E-state index contributed by atoms with van der Waals surface area (Å²) in [4.78, 5) is 25.4. The zero-order valence-corrected chi connectivity index (χ0v) is 19.3. The molecule has 2 aliphatic heterocycles. The average Bonchev–Trinajstić information content (AvgIpc) is 3.07. The largest absolute Gasteiger partial charge is 0.462 e. The summed E-state index contributed by atoms with van der Waals surface area (Å²) in [6.45, 7) is 8.98. The molecule has 2 aliphatic rings. The van der Waals surface area contributed by atoms with Crippen LogP contribution in [-0.4, -0.2) is 48.0 Å². The average molecular weight is 440 g/mol. The van der Waals surface area contributed by atoms with Crippen LogP contribution in [0, 0.1) is 19.3 Å². The number of nitrogens with zero attached hydrogens (tertiary/aromatic N) is 2. The normalized spacial score (nSPS) is 17.5. The summed E-state index contributed by atoms with van der Waals surface area (Å²) >= 11 is 0. The molecule has 1 fully saturated rings. The van der Waals surface area contributed by atoms with Crippen molar-refractivity contribution < 1.29 is 19.1 Å². The molecule has 0 unspecified atom stereocenters. The van der Waals surface area contributed by atoms with E-state index in [1.165, 1.54) is 0 Å². The van der Waals surface area contributed by atoms with Gasteiger partial charge in [-0.1, -0.05) is 24.6 Å². The van der Waals surface area contributed by atoms with Crippen molar-refractivity contribution in [2.24, 2.45) is 5.41 Å². The lowest BCUT2D eigenvalue weighted by molar-refractivity contribution is 0.0152. The van der Waals surface area contributed by atoms with Gasteiger partial charge in [-0.15, -0.1) is 0 Å². The van der Waals surface area contributed by atoms with E-state index in [1.807, 2.05) is 43.7 Å². The van der Waals surface area contributed by atoms with Crippen LogP contribution in [0.5, 0.6) is 0 Å². The number of hydrogen-bond acceptors (Lipinski definition) is 5. The Kier molecular flexibility index (Phi) is 6.65. The van der Waals surface area contributed by atoms with Crippen molar-refractivity contribution >= 4 is 11.9 Å². The molecule has 7 nitrogen and oxygen atoms in total. The zero-order valence-electron chi connectivity index (χ0n) is 19.3. The predicted octanol–water partition coefficient (Wildman–Crippen LogP) is 3.39.